The number of benzene rings is 3. The molecule has 0 radical (unpaired) electrons. The van der Waals surface area contributed by atoms with Gasteiger partial charge in [-0.3, -0.25) is 24.3 Å². The number of aromatic nitrogens is 1. The summed E-state index contributed by atoms with van der Waals surface area (Å²) in [6.07, 6.45) is 3.63. The highest BCUT2D eigenvalue weighted by Gasteiger charge is 2.32. The van der Waals surface area contributed by atoms with Crippen LogP contribution in [0, 0.1) is 0 Å². The smallest absolute Gasteiger partial charge is 0.261 e. The molecule has 6 heteroatoms. The maximum atomic E-state index is 13.5. The molecule has 1 aliphatic rings. The summed E-state index contributed by atoms with van der Waals surface area (Å²) in [5, 5.41) is 1.59. The fourth-order valence-corrected chi connectivity index (χ4v) is 4.81. The molecule has 4 aromatic rings. The van der Waals surface area contributed by atoms with Gasteiger partial charge in [0, 0.05) is 53.2 Å². The lowest BCUT2D eigenvalue weighted by Gasteiger charge is -2.29. The lowest BCUT2D eigenvalue weighted by molar-refractivity contribution is 0.0610. The predicted octanol–water partition coefficient (Wildman–Crippen LogP) is 5.87. The zero-order valence-electron chi connectivity index (χ0n) is 21.3. The molecule has 3 aromatic carbocycles. The molecule has 0 atom stereocenters. The number of pyridine rings is 1. The minimum atomic E-state index is -0.296. The molecule has 0 bridgehead atoms. The molecule has 0 aliphatic carbocycles. The van der Waals surface area contributed by atoms with Gasteiger partial charge in [-0.25, -0.2) is 0 Å². The second-order valence-corrected chi connectivity index (χ2v) is 10.3. The van der Waals surface area contributed by atoms with E-state index in [1.165, 1.54) is 10.5 Å². The maximum Gasteiger partial charge on any atom is 0.261 e. The van der Waals surface area contributed by atoms with E-state index in [1.54, 1.807) is 41.6 Å². The highest BCUT2D eigenvalue weighted by Crippen LogP contribution is 2.30. The first-order chi connectivity index (χ1) is 17.8. The number of rotatable bonds is 6. The monoisotopic (exact) mass is 491 g/mol. The Morgan fingerprint density at radius 3 is 2.00 bits per heavy atom. The third-order valence-corrected chi connectivity index (χ3v) is 6.84. The SMILES string of the molecule is CC(C)(C)c1ccc(N(CCCN2C(=O)c3cccc4cccc(c34)C2=O)C(=O)c2ccncc2)cc1. The maximum absolute atomic E-state index is 13.5. The van der Waals surface area contributed by atoms with Crippen LogP contribution in [0.2, 0.25) is 0 Å². The molecule has 3 amide bonds. The van der Waals surface area contributed by atoms with Crippen molar-refractivity contribution in [3.63, 3.8) is 0 Å². The normalized spacial score (nSPS) is 13.2. The van der Waals surface area contributed by atoms with Crippen LogP contribution in [0.1, 0.15) is 63.8 Å². The fraction of sp³-hybridized carbons (Fsp3) is 0.226. The highest BCUT2D eigenvalue weighted by molar-refractivity contribution is 6.25. The van der Waals surface area contributed by atoms with E-state index < -0.39 is 0 Å². The third-order valence-electron chi connectivity index (χ3n) is 6.84. The summed E-state index contributed by atoms with van der Waals surface area (Å²) < 4.78 is 0. The number of carbonyl (C=O) groups excluding carboxylic acids is 3. The zero-order chi connectivity index (χ0) is 26.2. The largest absolute Gasteiger partial charge is 0.308 e. The number of amides is 3. The topological polar surface area (TPSA) is 70.6 Å². The van der Waals surface area contributed by atoms with E-state index in [4.69, 9.17) is 0 Å². The molecule has 0 N–H and O–H groups in total. The van der Waals surface area contributed by atoms with E-state index in [1.807, 2.05) is 48.5 Å². The van der Waals surface area contributed by atoms with Gasteiger partial charge in [-0.05, 0) is 59.2 Å². The molecule has 5 rings (SSSR count). The molecular weight excluding hydrogens is 462 g/mol. The number of hydrogen-bond acceptors (Lipinski definition) is 4. The Labute approximate surface area is 216 Å². The summed E-state index contributed by atoms with van der Waals surface area (Å²) in [4.78, 5) is 47.0. The van der Waals surface area contributed by atoms with Gasteiger partial charge < -0.3 is 4.90 Å². The summed E-state index contributed by atoms with van der Waals surface area (Å²) >= 11 is 0. The lowest BCUT2D eigenvalue weighted by atomic mass is 9.87. The second kappa shape index (κ2) is 9.62. The Hall–Kier alpha value is -4.32. The van der Waals surface area contributed by atoms with Gasteiger partial charge in [0.2, 0.25) is 0 Å². The average Bonchev–Trinajstić information content (AvgIpc) is 2.91. The van der Waals surface area contributed by atoms with Gasteiger partial charge in [-0.1, -0.05) is 57.2 Å². The first-order valence-corrected chi connectivity index (χ1v) is 12.5. The molecule has 0 saturated heterocycles. The minimum absolute atomic E-state index is 0.00734. The minimum Gasteiger partial charge on any atom is -0.308 e. The van der Waals surface area contributed by atoms with Crippen molar-refractivity contribution >= 4 is 34.2 Å². The quantitative estimate of drug-likeness (QED) is 0.317. The molecule has 37 heavy (non-hydrogen) atoms. The first-order valence-electron chi connectivity index (χ1n) is 12.5. The van der Waals surface area contributed by atoms with Crippen LogP contribution in [0.3, 0.4) is 0 Å². The molecule has 0 saturated carbocycles. The Morgan fingerprint density at radius 2 is 1.43 bits per heavy atom. The van der Waals surface area contributed by atoms with Crippen LogP contribution < -0.4 is 4.90 Å². The Bertz CT molecular complexity index is 1440. The standard InChI is InChI=1S/C31H29N3O3/c1-31(2,3)23-11-13-24(14-12-23)33(28(35)22-15-17-32-18-16-22)19-6-20-34-29(36)25-9-4-7-21-8-5-10-26(27(21)25)30(34)37/h4-5,7-18H,6,19-20H2,1-3H3. The van der Waals surface area contributed by atoms with Crippen molar-refractivity contribution < 1.29 is 14.4 Å². The zero-order valence-corrected chi connectivity index (χ0v) is 21.3. The van der Waals surface area contributed by atoms with Crippen molar-refractivity contribution in [2.45, 2.75) is 32.6 Å². The highest BCUT2D eigenvalue weighted by atomic mass is 16.2. The Morgan fingerprint density at radius 1 is 0.838 bits per heavy atom. The molecule has 0 spiro atoms. The summed E-state index contributed by atoms with van der Waals surface area (Å²) in [5.41, 5.74) is 3.53. The van der Waals surface area contributed by atoms with Crippen LogP contribution in [-0.4, -0.2) is 40.7 Å². The van der Waals surface area contributed by atoms with E-state index in [0.29, 0.717) is 35.0 Å². The molecule has 2 heterocycles. The number of anilines is 1. The van der Waals surface area contributed by atoms with Gasteiger partial charge in [0.05, 0.1) is 0 Å². The Balaban J connectivity index is 1.39. The molecule has 1 aliphatic heterocycles. The van der Waals surface area contributed by atoms with Crippen LogP contribution in [-0.2, 0) is 5.41 Å². The number of nitrogens with zero attached hydrogens (tertiary/aromatic N) is 3. The van der Waals surface area contributed by atoms with Gasteiger partial charge in [-0.2, -0.15) is 0 Å². The first kappa shape index (κ1) is 24.4. The van der Waals surface area contributed by atoms with Gasteiger partial charge >= 0.3 is 0 Å². The van der Waals surface area contributed by atoms with E-state index in [-0.39, 0.29) is 29.7 Å². The molecule has 6 nitrogen and oxygen atoms in total. The van der Waals surface area contributed by atoms with Gasteiger partial charge in [0.25, 0.3) is 17.7 Å². The van der Waals surface area contributed by atoms with Gasteiger partial charge in [-0.15, -0.1) is 0 Å². The van der Waals surface area contributed by atoms with Crippen LogP contribution in [0.4, 0.5) is 5.69 Å². The lowest BCUT2D eigenvalue weighted by Crippen LogP contribution is -2.42. The van der Waals surface area contributed by atoms with Gasteiger partial charge in [0.15, 0.2) is 0 Å². The van der Waals surface area contributed by atoms with Crippen LogP contribution >= 0.6 is 0 Å². The molecule has 0 fully saturated rings. The molecule has 0 unspecified atom stereocenters. The van der Waals surface area contributed by atoms with Crippen LogP contribution in [0.5, 0.6) is 0 Å². The summed E-state index contributed by atoms with van der Waals surface area (Å²) in [6.45, 7) is 7.00. The Kier molecular flexibility index (Phi) is 6.34. The van der Waals surface area contributed by atoms with Crippen molar-refractivity contribution in [1.29, 1.82) is 0 Å². The third kappa shape index (κ3) is 4.62. The second-order valence-electron chi connectivity index (χ2n) is 10.3. The van der Waals surface area contributed by atoms with Crippen molar-refractivity contribution in [2.24, 2.45) is 0 Å². The van der Waals surface area contributed by atoms with Crippen molar-refractivity contribution in [2.75, 3.05) is 18.0 Å². The summed E-state index contributed by atoms with van der Waals surface area (Å²) in [5.74, 6) is -0.746. The summed E-state index contributed by atoms with van der Waals surface area (Å²) in [7, 11) is 0. The summed E-state index contributed by atoms with van der Waals surface area (Å²) in [6, 6.07) is 22.4. The van der Waals surface area contributed by atoms with Gasteiger partial charge in [0.1, 0.15) is 0 Å². The number of carbonyl (C=O) groups is 3. The predicted molar refractivity (Wildman–Crippen MR) is 145 cm³/mol. The number of imide groups is 1. The van der Waals surface area contributed by atoms with Crippen LogP contribution in [0.25, 0.3) is 10.8 Å². The van der Waals surface area contributed by atoms with Crippen LogP contribution in [0.15, 0.2) is 85.2 Å². The van der Waals surface area contributed by atoms with Crippen molar-refractivity contribution in [3.05, 3.63) is 107 Å². The average molecular weight is 492 g/mol. The van der Waals surface area contributed by atoms with E-state index in [2.05, 4.69) is 25.8 Å². The molecule has 186 valence electrons. The van der Waals surface area contributed by atoms with Crippen molar-refractivity contribution in [1.82, 2.24) is 9.88 Å². The fourth-order valence-electron chi connectivity index (χ4n) is 4.81. The van der Waals surface area contributed by atoms with E-state index in [0.717, 1.165) is 11.1 Å². The molecular formula is C31H29N3O3. The van der Waals surface area contributed by atoms with E-state index >= 15 is 0 Å². The number of hydrogen-bond donors (Lipinski definition) is 0. The van der Waals surface area contributed by atoms with Crippen molar-refractivity contribution in [3.8, 4) is 0 Å². The molecule has 1 aromatic heterocycles. The van der Waals surface area contributed by atoms with E-state index in [9.17, 15) is 14.4 Å².